The Labute approximate surface area is 166 Å². The van der Waals surface area contributed by atoms with Crippen LogP contribution >= 0.6 is 11.3 Å². The molecule has 2 aromatic carbocycles. The van der Waals surface area contributed by atoms with Crippen molar-refractivity contribution in [1.82, 2.24) is 10.1 Å². The fourth-order valence-electron chi connectivity index (χ4n) is 2.69. The van der Waals surface area contributed by atoms with Crippen LogP contribution in [-0.2, 0) is 6.54 Å². The summed E-state index contributed by atoms with van der Waals surface area (Å²) in [7, 11) is 0. The molecule has 1 amide bonds. The van der Waals surface area contributed by atoms with Crippen LogP contribution in [0.15, 0.2) is 70.6 Å². The highest BCUT2D eigenvalue weighted by Gasteiger charge is 2.11. The zero-order chi connectivity index (χ0) is 19.3. The Morgan fingerprint density at radius 1 is 1.11 bits per heavy atom. The molecule has 0 aliphatic heterocycles. The van der Waals surface area contributed by atoms with Crippen molar-refractivity contribution < 1.29 is 9.32 Å². The fourth-order valence-corrected chi connectivity index (χ4v) is 3.34. The van der Waals surface area contributed by atoms with Crippen LogP contribution in [0.25, 0.3) is 10.7 Å². The predicted octanol–water partition coefficient (Wildman–Crippen LogP) is 4.97. The van der Waals surface area contributed by atoms with E-state index in [1.165, 1.54) is 0 Å². The molecule has 0 saturated carbocycles. The lowest BCUT2D eigenvalue weighted by Crippen LogP contribution is -2.12. The molecule has 0 fully saturated rings. The summed E-state index contributed by atoms with van der Waals surface area (Å²) in [5, 5.41) is 12.2. The molecule has 0 radical (unpaired) electrons. The Morgan fingerprint density at radius 2 is 1.96 bits per heavy atom. The number of aromatic nitrogens is 2. The normalized spacial score (nSPS) is 10.6. The van der Waals surface area contributed by atoms with E-state index in [1.807, 2.05) is 60.8 Å². The fraction of sp³-hybridized carbons (Fsp3) is 0.0952. The summed E-state index contributed by atoms with van der Waals surface area (Å²) in [6.07, 6.45) is 0. The summed E-state index contributed by atoms with van der Waals surface area (Å²) in [6.45, 7) is 2.39. The van der Waals surface area contributed by atoms with Gasteiger partial charge in [0, 0.05) is 16.9 Å². The Balaban J connectivity index is 1.43. The monoisotopic (exact) mass is 390 g/mol. The first-order valence-electron chi connectivity index (χ1n) is 8.76. The Hall–Kier alpha value is -3.45. The lowest BCUT2D eigenvalue weighted by atomic mass is 10.1. The van der Waals surface area contributed by atoms with Gasteiger partial charge in [0.15, 0.2) is 0 Å². The molecule has 0 aliphatic rings. The second kappa shape index (κ2) is 8.06. The number of thiophene rings is 1. The first-order chi connectivity index (χ1) is 13.7. The molecule has 2 heterocycles. The summed E-state index contributed by atoms with van der Waals surface area (Å²) in [5.41, 5.74) is 3.27. The minimum absolute atomic E-state index is 0.145. The van der Waals surface area contributed by atoms with Crippen LogP contribution in [0.3, 0.4) is 0 Å². The van der Waals surface area contributed by atoms with Crippen LogP contribution in [-0.4, -0.2) is 16.0 Å². The second-order valence-corrected chi connectivity index (χ2v) is 7.14. The smallest absolute Gasteiger partial charge is 0.255 e. The van der Waals surface area contributed by atoms with E-state index in [4.69, 9.17) is 4.52 Å². The third-order valence-electron chi connectivity index (χ3n) is 4.17. The van der Waals surface area contributed by atoms with Gasteiger partial charge in [0.25, 0.3) is 5.91 Å². The number of amides is 1. The highest BCUT2D eigenvalue weighted by Crippen LogP contribution is 2.23. The predicted molar refractivity (Wildman–Crippen MR) is 111 cm³/mol. The third-order valence-corrected chi connectivity index (χ3v) is 5.04. The van der Waals surface area contributed by atoms with Gasteiger partial charge in [0.1, 0.15) is 0 Å². The van der Waals surface area contributed by atoms with Crippen molar-refractivity contribution in [3.63, 3.8) is 0 Å². The van der Waals surface area contributed by atoms with Gasteiger partial charge in [-0.2, -0.15) is 4.98 Å². The summed E-state index contributed by atoms with van der Waals surface area (Å²) in [4.78, 5) is 17.7. The van der Waals surface area contributed by atoms with Crippen LogP contribution < -0.4 is 10.6 Å². The Morgan fingerprint density at radius 3 is 2.75 bits per heavy atom. The number of hydrogen-bond acceptors (Lipinski definition) is 6. The van der Waals surface area contributed by atoms with Crippen LogP contribution in [0, 0.1) is 6.92 Å². The number of anilines is 2. The lowest BCUT2D eigenvalue weighted by Gasteiger charge is -2.11. The van der Waals surface area contributed by atoms with E-state index < -0.39 is 0 Å². The molecule has 28 heavy (non-hydrogen) atoms. The number of aryl methyl sites for hydroxylation is 1. The van der Waals surface area contributed by atoms with Gasteiger partial charge in [-0.05, 0) is 48.2 Å². The number of hydrogen-bond donors (Lipinski definition) is 2. The van der Waals surface area contributed by atoms with Crippen LogP contribution in [0.5, 0.6) is 0 Å². The quantitative estimate of drug-likeness (QED) is 0.486. The molecule has 0 unspecified atom stereocenters. The van der Waals surface area contributed by atoms with E-state index in [-0.39, 0.29) is 5.91 Å². The molecule has 2 aromatic heterocycles. The number of nitrogens with zero attached hydrogens (tertiary/aromatic N) is 2. The van der Waals surface area contributed by atoms with Gasteiger partial charge in [-0.1, -0.05) is 35.5 Å². The maximum absolute atomic E-state index is 12.3. The minimum Gasteiger partial charge on any atom is -0.376 e. The van der Waals surface area contributed by atoms with E-state index >= 15 is 0 Å². The zero-order valence-electron chi connectivity index (χ0n) is 15.2. The first-order valence-corrected chi connectivity index (χ1v) is 9.64. The molecule has 4 aromatic rings. The molecule has 0 spiro atoms. The Bertz CT molecular complexity index is 1080. The number of benzene rings is 2. The van der Waals surface area contributed by atoms with Crippen molar-refractivity contribution in [1.29, 1.82) is 0 Å². The van der Waals surface area contributed by atoms with Crippen molar-refractivity contribution in [3.8, 4) is 10.7 Å². The van der Waals surface area contributed by atoms with E-state index in [1.54, 1.807) is 23.5 Å². The van der Waals surface area contributed by atoms with E-state index in [0.717, 1.165) is 16.1 Å². The topological polar surface area (TPSA) is 80.0 Å². The minimum atomic E-state index is -0.145. The van der Waals surface area contributed by atoms with Gasteiger partial charge in [-0.3, -0.25) is 4.79 Å². The molecular weight excluding hydrogens is 372 g/mol. The first kappa shape index (κ1) is 17.9. The van der Waals surface area contributed by atoms with Gasteiger partial charge in [-0.25, -0.2) is 0 Å². The maximum Gasteiger partial charge on any atom is 0.255 e. The van der Waals surface area contributed by atoms with Crippen LogP contribution in [0.4, 0.5) is 11.4 Å². The number of carbonyl (C=O) groups excluding carboxylic acids is 1. The highest BCUT2D eigenvalue weighted by molar-refractivity contribution is 7.13. The maximum atomic E-state index is 12.3. The zero-order valence-corrected chi connectivity index (χ0v) is 16.0. The van der Waals surface area contributed by atoms with Gasteiger partial charge in [0.05, 0.1) is 11.4 Å². The highest BCUT2D eigenvalue weighted by atomic mass is 32.1. The van der Waals surface area contributed by atoms with E-state index in [2.05, 4.69) is 20.8 Å². The summed E-state index contributed by atoms with van der Waals surface area (Å²) < 4.78 is 5.32. The van der Waals surface area contributed by atoms with Gasteiger partial charge >= 0.3 is 0 Å². The molecule has 7 heteroatoms. The van der Waals surface area contributed by atoms with E-state index in [9.17, 15) is 4.79 Å². The molecular formula is C21H18N4O2S. The van der Waals surface area contributed by atoms with Crippen molar-refractivity contribution in [2.75, 3.05) is 10.6 Å². The van der Waals surface area contributed by atoms with Crippen LogP contribution in [0.2, 0.25) is 0 Å². The van der Waals surface area contributed by atoms with Gasteiger partial charge in [0.2, 0.25) is 11.7 Å². The average Bonchev–Trinajstić information content (AvgIpc) is 3.41. The third kappa shape index (κ3) is 4.10. The van der Waals surface area contributed by atoms with E-state index in [0.29, 0.717) is 29.5 Å². The standard InChI is InChI=1S/C21H18N4O2S/c1-14-9-10-16(23-21(26)15-6-3-2-4-7-15)12-17(14)22-13-19-24-20(25-27-19)18-8-5-11-28-18/h2-12,22H,13H2,1H3,(H,23,26). The average molecular weight is 390 g/mol. The second-order valence-electron chi connectivity index (χ2n) is 6.19. The molecule has 0 aliphatic carbocycles. The van der Waals surface area contributed by atoms with Crippen molar-refractivity contribution in [2.24, 2.45) is 0 Å². The molecule has 0 saturated heterocycles. The van der Waals surface area contributed by atoms with Crippen LogP contribution in [0.1, 0.15) is 21.8 Å². The number of rotatable bonds is 6. The largest absolute Gasteiger partial charge is 0.376 e. The summed E-state index contributed by atoms with van der Waals surface area (Å²) in [5.74, 6) is 0.946. The Kier molecular flexibility index (Phi) is 5.16. The van der Waals surface area contributed by atoms with Crippen molar-refractivity contribution in [3.05, 3.63) is 83.1 Å². The molecule has 0 bridgehead atoms. The van der Waals surface area contributed by atoms with Gasteiger partial charge < -0.3 is 15.2 Å². The van der Waals surface area contributed by atoms with Crippen molar-refractivity contribution in [2.45, 2.75) is 13.5 Å². The molecule has 4 rings (SSSR count). The molecule has 140 valence electrons. The van der Waals surface area contributed by atoms with Gasteiger partial charge in [-0.15, -0.1) is 11.3 Å². The molecule has 0 atom stereocenters. The SMILES string of the molecule is Cc1ccc(NC(=O)c2ccccc2)cc1NCc1nc(-c2cccs2)no1. The number of carbonyl (C=O) groups is 1. The lowest BCUT2D eigenvalue weighted by molar-refractivity contribution is 0.102. The molecule has 6 nitrogen and oxygen atoms in total. The van der Waals surface area contributed by atoms with Crippen molar-refractivity contribution >= 4 is 28.6 Å². The summed E-state index contributed by atoms with van der Waals surface area (Å²) in [6, 6.07) is 18.8. The summed E-state index contributed by atoms with van der Waals surface area (Å²) >= 11 is 1.57. The number of nitrogens with one attached hydrogen (secondary N) is 2. The molecule has 2 N–H and O–H groups in total.